The molecule has 4 rings (SSSR count). The molecular formula is C21H17ClN6O2. The maximum absolute atomic E-state index is 12.1. The molecule has 150 valence electrons. The summed E-state index contributed by atoms with van der Waals surface area (Å²) in [4.78, 5) is 16.2. The van der Waals surface area contributed by atoms with Crippen LogP contribution in [-0.4, -0.2) is 25.8 Å². The van der Waals surface area contributed by atoms with E-state index in [1.165, 1.54) is 0 Å². The Balaban J connectivity index is 1.35. The van der Waals surface area contributed by atoms with Gasteiger partial charge in [0.15, 0.2) is 5.82 Å². The molecule has 0 radical (unpaired) electrons. The minimum Gasteiger partial charge on any atom is -0.438 e. The minimum absolute atomic E-state index is 0.359. The summed E-state index contributed by atoms with van der Waals surface area (Å²) in [5.74, 6) is 2.40. The third kappa shape index (κ3) is 4.73. The number of anilines is 2. The first-order valence-electron chi connectivity index (χ1n) is 9.02. The molecule has 30 heavy (non-hydrogen) atoms. The van der Waals surface area contributed by atoms with Crippen molar-refractivity contribution in [1.82, 2.24) is 19.7 Å². The number of nitrogens with zero attached hydrogens (tertiary/aromatic N) is 4. The molecule has 0 fully saturated rings. The third-order valence-corrected chi connectivity index (χ3v) is 4.39. The van der Waals surface area contributed by atoms with E-state index in [4.69, 9.17) is 16.3 Å². The molecule has 0 bridgehead atoms. The number of aromatic nitrogens is 4. The van der Waals surface area contributed by atoms with Crippen LogP contribution in [0.5, 0.6) is 11.6 Å². The molecule has 0 aliphatic heterocycles. The third-order valence-electron chi connectivity index (χ3n) is 4.14. The highest BCUT2D eigenvalue weighted by Crippen LogP contribution is 2.22. The fraction of sp³-hybridized carbons (Fsp3) is 0.0476. The van der Waals surface area contributed by atoms with Gasteiger partial charge in [0.05, 0.1) is 0 Å². The van der Waals surface area contributed by atoms with E-state index < -0.39 is 0 Å². The highest BCUT2D eigenvalue weighted by Gasteiger charge is 2.06. The number of urea groups is 1. The Bertz CT molecular complexity index is 1140. The van der Waals surface area contributed by atoms with Gasteiger partial charge in [-0.05, 0) is 61.5 Å². The van der Waals surface area contributed by atoms with Crippen LogP contribution in [0.15, 0.2) is 73.1 Å². The predicted octanol–water partition coefficient (Wildman–Crippen LogP) is 5.06. The molecule has 0 unspecified atom stereocenters. The number of ether oxygens (including phenoxy) is 1. The molecule has 8 nitrogen and oxygen atoms in total. The normalized spacial score (nSPS) is 10.5. The number of benzene rings is 2. The van der Waals surface area contributed by atoms with Crippen molar-refractivity contribution >= 4 is 29.0 Å². The lowest BCUT2D eigenvalue weighted by atomic mass is 10.3. The van der Waals surface area contributed by atoms with E-state index in [0.717, 1.165) is 5.82 Å². The lowest BCUT2D eigenvalue weighted by Crippen LogP contribution is -2.19. The number of hydrogen-bond donors (Lipinski definition) is 2. The molecule has 4 aromatic rings. The van der Waals surface area contributed by atoms with Crippen LogP contribution in [0.2, 0.25) is 5.02 Å². The number of nitrogens with one attached hydrogen (secondary N) is 2. The van der Waals surface area contributed by atoms with Crippen molar-refractivity contribution in [3.63, 3.8) is 0 Å². The summed E-state index contributed by atoms with van der Waals surface area (Å²) < 4.78 is 7.53. The Morgan fingerprint density at radius 2 is 1.60 bits per heavy atom. The highest BCUT2D eigenvalue weighted by atomic mass is 35.5. The number of imidazole rings is 1. The van der Waals surface area contributed by atoms with Crippen LogP contribution in [0.25, 0.3) is 5.82 Å². The second-order valence-electron chi connectivity index (χ2n) is 6.29. The van der Waals surface area contributed by atoms with Crippen LogP contribution in [0.3, 0.4) is 0 Å². The van der Waals surface area contributed by atoms with Crippen molar-refractivity contribution in [2.75, 3.05) is 10.6 Å². The van der Waals surface area contributed by atoms with E-state index in [0.29, 0.717) is 33.8 Å². The van der Waals surface area contributed by atoms with E-state index in [1.807, 2.05) is 17.7 Å². The fourth-order valence-corrected chi connectivity index (χ4v) is 2.80. The van der Waals surface area contributed by atoms with E-state index in [2.05, 4.69) is 25.8 Å². The highest BCUT2D eigenvalue weighted by molar-refractivity contribution is 6.30. The zero-order chi connectivity index (χ0) is 20.9. The van der Waals surface area contributed by atoms with Crippen molar-refractivity contribution in [2.24, 2.45) is 0 Å². The smallest absolute Gasteiger partial charge is 0.323 e. The number of halogens is 1. The van der Waals surface area contributed by atoms with Gasteiger partial charge in [0.2, 0.25) is 5.88 Å². The molecule has 0 saturated carbocycles. The fourth-order valence-electron chi connectivity index (χ4n) is 2.67. The lowest BCUT2D eigenvalue weighted by Gasteiger charge is -2.09. The Labute approximate surface area is 177 Å². The largest absolute Gasteiger partial charge is 0.438 e. The lowest BCUT2D eigenvalue weighted by molar-refractivity contribution is 0.262. The second-order valence-corrected chi connectivity index (χ2v) is 6.72. The maximum Gasteiger partial charge on any atom is 0.323 e. The summed E-state index contributed by atoms with van der Waals surface area (Å²) in [5.41, 5.74) is 1.26. The molecule has 2 N–H and O–H groups in total. The number of carbonyl (C=O) groups excluding carboxylic acids is 1. The van der Waals surface area contributed by atoms with Crippen molar-refractivity contribution < 1.29 is 9.53 Å². The summed E-state index contributed by atoms with van der Waals surface area (Å²) in [6, 6.07) is 16.9. The van der Waals surface area contributed by atoms with Gasteiger partial charge in [0.25, 0.3) is 0 Å². The van der Waals surface area contributed by atoms with E-state index in [9.17, 15) is 4.79 Å². The number of amides is 2. The van der Waals surface area contributed by atoms with Gasteiger partial charge in [-0.1, -0.05) is 11.6 Å². The SMILES string of the molecule is Cc1nccn1-c1ccc(Oc2ccc(NC(=O)Nc3ccc(Cl)cc3)cc2)nn1. The van der Waals surface area contributed by atoms with Crippen molar-refractivity contribution in [2.45, 2.75) is 6.92 Å². The van der Waals surface area contributed by atoms with Crippen molar-refractivity contribution in [3.05, 3.63) is 83.9 Å². The Kier molecular flexibility index (Phi) is 5.58. The number of aryl methyl sites for hydroxylation is 1. The molecule has 0 atom stereocenters. The first-order chi connectivity index (χ1) is 14.6. The molecule has 2 heterocycles. The van der Waals surface area contributed by atoms with Crippen molar-refractivity contribution in [1.29, 1.82) is 0 Å². The zero-order valence-electron chi connectivity index (χ0n) is 15.9. The van der Waals surface area contributed by atoms with Gasteiger partial charge >= 0.3 is 6.03 Å². The topological polar surface area (TPSA) is 94.0 Å². The summed E-state index contributed by atoms with van der Waals surface area (Å²) in [5, 5.41) is 14.3. The number of rotatable bonds is 5. The maximum atomic E-state index is 12.1. The molecule has 0 spiro atoms. The van der Waals surface area contributed by atoms with E-state index in [1.54, 1.807) is 66.9 Å². The molecule has 0 saturated heterocycles. The second kappa shape index (κ2) is 8.62. The van der Waals surface area contributed by atoms with Gasteiger partial charge in [-0.25, -0.2) is 9.78 Å². The number of carbonyl (C=O) groups is 1. The molecule has 2 aromatic heterocycles. The van der Waals surface area contributed by atoms with Gasteiger partial charge < -0.3 is 15.4 Å². The minimum atomic E-state index is -0.359. The summed E-state index contributed by atoms with van der Waals surface area (Å²) in [7, 11) is 0. The molecule has 0 aliphatic carbocycles. The van der Waals surface area contributed by atoms with Crippen molar-refractivity contribution in [3.8, 4) is 17.4 Å². The Morgan fingerprint density at radius 1 is 0.933 bits per heavy atom. The van der Waals surface area contributed by atoms with Crippen LogP contribution in [-0.2, 0) is 0 Å². The van der Waals surface area contributed by atoms with Gasteiger partial charge in [-0.15, -0.1) is 10.2 Å². The standard InChI is InChI=1S/C21H17ClN6O2/c1-14-23-12-13-28(14)19-10-11-20(27-26-19)30-18-8-6-17(7-9-18)25-21(29)24-16-4-2-15(22)3-5-16/h2-13H,1H3,(H2,24,25,29). The van der Waals surface area contributed by atoms with Crippen LogP contribution in [0, 0.1) is 6.92 Å². The molecular weight excluding hydrogens is 404 g/mol. The predicted molar refractivity (Wildman–Crippen MR) is 115 cm³/mol. The Morgan fingerprint density at radius 3 is 2.17 bits per heavy atom. The quantitative estimate of drug-likeness (QED) is 0.470. The van der Waals surface area contributed by atoms with Gasteiger partial charge in [-0.3, -0.25) is 4.57 Å². The summed E-state index contributed by atoms with van der Waals surface area (Å²) >= 11 is 5.84. The first-order valence-corrected chi connectivity index (χ1v) is 9.40. The average molecular weight is 421 g/mol. The molecule has 0 aliphatic rings. The van der Waals surface area contributed by atoms with Crippen LogP contribution >= 0.6 is 11.6 Å². The Hall–Kier alpha value is -3.91. The van der Waals surface area contributed by atoms with E-state index >= 15 is 0 Å². The molecule has 2 aromatic carbocycles. The summed E-state index contributed by atoms with van der Waals surface area (Å²) in [6.45, 7) is 1.89. The van der Waals surface area contributed by atoms with Gasteiger partial charge in [-0.2, -0.15) is 0 Å². The molecule has 2 amide bonds. The van der Waals surface area contributed by atoms with E-state index in [-0.39, 0.29) is 6.03 Å². The zero-order valence-corrected chi connectivity index (χ0v) is 16.7. The monoisotopic (exact) mass is 420 g/mol. The van der Waals surface area contributed by atoms with Crippen LogP contribution in [0.4, 0.5) is 16.2 Å². The van der Waals surface area contributed by atoms with Gasteiger partial charge in [0.1, 0.15) is 11.6 Å². The average Bonchev–Trinajstić information content (AvgIpc) is 3.18. The number of hydrogen-bond acceptors (Lipinski definition) is 5. The first kappa shape index (κ1) is 19.4. The molecule has 9 heteroatoms. The van der Waals surface area contributed by atoms with Gasteiger partial charge in [0, 0.05) is 34.9 Å². The summed E-state index contributed by atoms with van der Waals surface area (Å²) in [6.07, 6.45) is 3.52. The van der Waals surface area contributed by atoms with Crippen LogP contribution < -0.4 is 15.4 Å². The van der Waals surface area contributed by atoms with Crippen LogP contribution in [0.1, 0.15) is 5.82 Å².